The summed E-state index contributed by atoms with van der Waals surface area (Å²) < 4.78 is 15.4. The first kappa shape index (κ1) is 16.8. The van der Waals surface area contributed by atoms with Crippen molar-refractivity contribution in [2.75, 3.05) is 20.8 Å². The van der Waals surface area contributed by atoms with E-state index in [1.807, 2.05) is 0 Å². The van der Waals surface area contributed by atoms with Crippen LogP contribution < -0.4 is 14.8 Å². The number of carbonyl (C=O) groups is 2. The van der Waals surface area contributed by atoms with Crippen LogP contribution in [0.1, 0.15) is 35.9 Å². The zero-order valence-corrected chi connectivity index (χ0v) is 13.4. The summed E-state index contributed by atoms with van der Waals surface area (Å²) in [6, 6.07) is 3.09. The number of aliphatic hydroxyl groups is 1. The molecule has 1 atom stereocenters. The van der Waals surface area contributed by atoms with Crippen molar-refractivity contribution >= 4 is 11.9 Å². The van der Waals surface area contributed by atoms with E-state index in [9.17, 15) is 14.7 Å². The molecule has 0 radical (unpaired) electrons. The number of aliphatic hydroxyl groups excluding tert-OH is 1. The van der Waals surface area contributed by atoms with Gasteiger partial charge in [0.05, 0.1) is 32.0 Å². The number of hydrogen-bond acceptors (Lipinski definition) is 6. The lowest BCUT2D eigenvalue weighted by Gasteiger charge is -2.17. The summed E-state index contributed by atoms with van der Waals surface area (Å²) >= 11 is 0. The van der Waals surface area contributed by atoms with Crippen LogP contribution >= 0.6 is 0 Å². The van der Waals surface area contributed by atoms with Gasteiger partial charge >= 0.3 is 5.97 Å². The molecule has 0 saturated carbocycles. The molecule has 0 saturated heterocycles. The number of rotatable bonds is 4. The zero-order valence-electron chi connectivity index (χ0n) is 13.4. The monoisotopic (exact) mass is 321 g/mol. The van der Waals surface area contributed by atoms with Gasteiger partial charge in [0.15, 0.2) is 11.5 Å². The number of ether oxygens (including phenoxy) is 3. The number of carbonyl (C=O) groups excluding carboxylic acids is 2. The highest BCUT2D eigenvalue weighted by atomic mass is 16.5. The fraction of sp³-hybridized carbons (Fsp3) is 0.375. The number of esters is 1. The summed E-state index contributed by atoms with van der Waals surface area (Å²) in [5, 5.41) is 13.2. The largest absolute Gasteiger partial charge is 0.493 e. The molecule has 1 aromatic carbocycles. The van der Waals surface area contributed by atoms with Gasteiger partial charge in [-0.2, -0.15) is 0 Å². The Hall–Kier alpha value is -2.54. The highest BCUT2D eigenvalue weighted by Crippen LogP contribution is 2.39. The van der Waals surface area contributed by atoms with Crippen molar-refractivity contribution in [1.82, 2.24) is 5.32 Å². The maximum absolute atomic E-state index is 12.5. The van der Waals surface area contributed by atoms with Gasteiger partial charge in [-0.05, 0) is 19.9 Å². The van der Waals surface area contributed by atoms with E-state index < -0.39 is 18.0 Å². The van der Waals surface area contributed by atoms with E-state index in [4.69, 9.17) is 14.2 Å². The minimum absolute atomic E-state index is 0.00818. The Kier molecular flexibility index (Phi) is 4.90. The molecule has 23 heavy (non-hydrogen) atoms. The molecule has 1 amide bonds. The van der Waals surface area contributed by atoms with Crippen molar-refractivity contribution in [2.24, 2.45) is 0 Å². The topological polar surface area (TPSA) is 94.1 Å². The number of nitrogens with one attached hydrogen (secondary N) is 1. The molecule has 0 aliphatic carbocycles. The Labute approximate surface area is 133 Å². The average Bonchev–Trinajstić information content (AvgIpc) is 2.61. The van der Waals surface area contributed by atoms with Crippen molar-refractivity contribution < 1.29 is 28.9 Å². The summed E-state index contributed by atoms with van der Waals surface area (Å²) in [6.45, 7) is 3.36. The zero-order chi connectivity index (χ0) is 17.1. The molecule has 1 heterocycles. The van der Waals surface area contributed by atoms with E-state index >= 15 is 0 Å². The number of fused-ring (bicyclic) bond motifs is 1. The van der Waals surface area contributed by atoms with E-state index in [1.165, 1.54) is 27.2 Å². The molecule has 7 heteroatoms. The van der Waals surface area contributed by atoms with Crippen LogP contribution in [0, 0.1) is 0 Å². The SMILES string of the molecule is CCOC(=O)C1=C(C)NC(=O)c2c(ccc(OC)c2OC)[C@H]1O. The highest BCUT2D eigenvalue weighted by Gasteiger charge is 2.34. The van der Waals surface area contributed by atoms with Crippen molar-refractivity contribution in [2.45, 2.75) is 20.0 Å². The van der Waals surface area contributed by atoms with Crippen LogP contribution in [0.4, 0.5) is 0 Å². The van der Waals surface area contributed by atoms with E-state index in [0.29, 0.717) is 5.75 Å². The van der Waals surface area contributed by atoms with E-state index in [0.717, 1.165) is 0 Å². The lowest BCUT2D eigenvalue weighted by Crippen LogP contribution is -2.23. The van der Waals surface area contributed by atoms with Gasteiger partial charge in [-0.25, -0.2) is 4.79 Å². The third kappa shape index (κ3) is 2.87. The van der Waals surface area contributed by atoms with Gasteiger partial charge < -0.3 is 24.6 Å². The normalized spacial score (nSPS) is 17.1. The van der Waals surface area contributed by atoms with Crippen LogP contribution in [0.15, 0.2) is 23.4 Å². The standard InChI is InChI=1S/C16H19NO6/c1-5-23-16(20)11-8(2)17-15(19)12-9(13(11)18)6-7-10(21-3)14(12)22-4/h6-7,13,18H,5H2,1-4H3,(H,17,19)/t13-/m1/s1. The Morgan fingerprint density at radius 2 is 2.00 bits per heavy atom. The van der Waals surface area contributed by atoms with Crippen LogP contribution in [0.3, 0.4) is 0 Å². The summed E-state index contributed by atoms with van der Waals surface area (Å²) in [4.78, 5) is 24.6. The molecule has 0 spiro atoms. The minimum Gasteiger partial charge on any atom is -0.493 e. The molecule has 0 fully saturated rings. The third-order valence-electron chi connectivity index (χ3n) is 3.57. The molecule has 2 rings (SSSR count). The number of allylic oxidation sites excluding steroid dienone is 1. The predicted octanol–water partition coefficient (Wildman–Crippen LogP) is 1.32. The number of benzene rings is 1. The molecule has 7 nitrogen and oxygen atoms in total. The summed E-state index contributed by atoms with van der Waals surface area (Å²) in [6.07, 6.45) is -1.32. The lowest BCUT2D eigenvalue weighted by molar-refractivity contribution is -0.139. The Bertz CT molecular complexity index is 679. The first-order chi connectivity index (χ1) is 11.0. The summed E-state index contributed by atoms with van der Waals surface area (Å²) in [5.41, 5.74) is 0.599. The average molecular weight is 321 g/mol. The predicted molar refractivity (Wildman–Crippen MR) is 81.3 cm³/mol. The number of amides is 1. The van der Waals surface area contributed by atoms with Crippen molar-refractivity contribution in [3.8, 4) is 11.5 Å². The highest BCUT2D eigenvalue weighted by molar-refractivity contribution is 6.03. The van der Waals surface area contributed by atoms with E-state index in [-0.39, 0.29) is 34.8 Å². The minimum atomic E-state index is -1.32. The van der Waals surface area contributed by atoms with Gasteiger partial charge in [-0.3, -0.25) is 4.79 Å². The summed E-state index contributed by atoms with van der Waals surface area (Å²) in [5.74, 6) is -0.627. The fourth-order valence-electron chi connectivity index (χ4n) is 2.54. The maximum Gasteiger partial charge on any atom is 0.338 e. The molecular formula is C16H19NO6. The van der Waals surface area contributed by atoms with Gasteiger partial charge in [0.2, 0.25) is 0 Å². The van der Waals surface area contributed by atoms with Crippen LogP contribution in [0.5, 0.6) is 11.5 Å². The molecule has 124 valence electrons. The Balaban J connectivity index is 2.65. The number of methoxy groups -OCH3 is 2. The second kappa shape index (κ2) is 6.70. The fourth-order valence-corrected chi connectivity index (χ4v) is 2.54. The molecule has 0 aromatic heterocycles. The Morgan fingerprint density at radius 3 is 2.57 bits per heavy atom. The summed E-state index contributed by atoms with van der Waals surface area (Å²) in [7, 11) is 2.85. The first-order valence-corrected chi connectivity index (χ1v) is 7.08. The van der Waals surface area contributed by atoms with Crippen molar-refractivity contribution in [3.63, 3.8) is 0 Å². The number of hydrogen-bond donors (Lipinski definition) is 2. The molecule has 1 aromatic rings. The first-order valence-electron chi connectivity index (χ1n) is 7.08. The van der Waals surface area contributed by atoms with Crippen LogP contribution in [-0.2, 0) is 9.53 Å². The molecule has 1 aliphatic heterocycles. The van der Waals surface area contributed by atoms with Gasteiger partial charge in [-0.15, -0.1) is 0 Å². The molecule has 1 aliphatic rings. The van der Waals surface area contributed by atoms with Crippen LogP contribution in [0.25, 0.3) is 0 Å². The van der Waals surface area contributed by atoms with Gasteiger partial charge in [-0.1, -0.05) is 6.07 Å². The van der Waals surface area contributed by atoms with Gasteiger partial charge in [0.1, 0.15) is 6.10 Å². The van der Waals surface area contributed by atoms with E-state index in [2.05, 4.69) is 5.32 Å². The quantitative estimate of drug-likeness (QED) is 0.812. The molecule has 0 unspecified atom stereocenters. The van der Waals surface area contributed by atoms with Crippen LogP contribution in [0.2, 0.25) is 0 Å². The maximum atomic E-state index is 12.5. The van der Waals surface area contributed by atoms with Gasteiger partial charge in [0, 0.05) is 11.3 Å². The third-order valence-corrected chi connectivity index (χ3v) is 3.57. The molecule has 2 N–H and O–H groups in total. The van der Waals surface area contributed by atoms with Crippen molar-refractivity contribution in [1.29, 1.82) is 0 Å². The second-order valence-electron chi connectivity index (χ2n) is 4.88. The van der Waals surface area contributed by atoms with Crippen LogP contribution in [-0.4, -0.2) is 37.8 Å². The Morgan fingerprint density at radius 1 is 1.30 bits per heavy atom. The molecular weight excluding hydrogens is 302 g/mol. The molecule has 0 bridgehead atoms. The van der Waals surface area contributed by atoms with Crippen molar-refractivity contribution in [3.05, 3.63) is 34.5 Å². The van der Waals surface area contributed by atoms with E-state index in [1.54, 1.807) is 13.0 Å². The lowest BCUT2D eigenvalue weighted by atomic mass is 9.96. The van der Waals surface area contributed by atoms with Gasteiger partial charge in [0.25, 0.3) is 5.91 Å². The smallest absolute Gasteiger partial charge is 0.338 e. The second-order valence-corrected chi connectivity index (χ2v) is 4.88.